The molecule has 1 aromatic carbocycles. The molecule has 0 aromatic heterocycles. The van der Waals surface area contributed by atoms with Gasteiger partial charge in [0.1, 0.15) is 5.82 Å². The molecule has 108 valence electrons. The van der Waals surface area contributed by atoms with Crippen LogP contribution in [0.2, 0.25) is 5.02 Å². The monoisotopic (exact) mass is 287 g/mol. The lowest BCUT2D eigenvalue weighted by atomic mass is 9.99. The average molecular weight is 288 g/mol. The molecule has 1 aromatic rings. The van der Waals surface area contributed by atoms with Gasteiger partial charge < -0.3 is 10.1 Å². The van der Waals surface area contributed by atoms with Crippen molar-refractivity contribution >= 4 is 11.6 Å². The zero-order valence-corrected chi connectivity index (χ0v) is 12.6. The summed E-state index contributed by atoms with van der Waals surface area (Å²) in [5, 5.41) is 4.00. The SMILES string of the molecule is CCCNC(Cc1cc(Cl)ccc1F)C(CC)OC. The molecule has 0 aliphatic rings. The highest BCUT2D eigenvalue weighted by Gasteiger charge is 2.20. The van der Waals surface area contributed by atoms with Gasteiger partial charge in [-0.1, -0.05) is 25.4 Å². The third kappa shape index (κ3) is 5.09. The van der Waals surface area contributed by atoms with E-state index in [1.54, 1.807) is 19.2 Å². The predicted octanol–water partition coefficient (Wildman–Crippen LogP) is 3.81. The smallest absolute Gasteiger partial charge is 0.126 e. The van der Waals surface area contributed by atoms with E-state index in [0.29, 0.717) is 17.0 Å². The van der Waals surface area contributed by atoms with Gasteiger partial charge in [0, 0.05) is 18.2 Å². The van der Waals surface area contributed by atoms with E-state index in [2.05, 4.69) is 19.2 Å². The zero-order valence-electron chi connectivity index (χ0n) is 11.9. The van der Waals surface area contributed by atoms with Crippen LogP contribution in [0, 0.1) is 5.82 Å². The Morgan fingerprint density at radius 1 is 1.37 bits per heavy atom. The Morgan fingerprint density at radius 2 is 2.11 bits per heavy atom. The van der Waals surface area contributed by atoms with E-state index in [4.69, 9.17) is 16.3 Å². The summed E-state index contributed by atoms with van der Waals surface area (Å²) in [5.74, 6) is -0.210. The largest absolute Gasteiger partial charge is 0.380 e. The maximum absolute atomic E-state index is 13.8. The predicted molar refractivity (Wildman–Crippen MR) is 78.3 cm³/mol. The van der Waals surface area contributed by atoms with Crippen molar-refractivity contribution in [1.29, 1.82) is 0 Å². The minimum Gasteiger partial charge on any atom is -0.380 e. The number of methoxy groups -OCH3 is 1. The second kappa shape index (κ2) is 8.51. The number of rotatable bonds is 8. The van der Waals surface area contributed by atoms with E-state index in [9.17, 15) is 4.39 Å². The highest BCUT2D eigenvalue weighted by Crippen LogP contribution is 2.18. The Labute approximate surface area is 120 Å². The quantitative estimate of drug-likeness (QED) is 0.785. The first-order chi connectivity index (χ1) is 9.12. The van der Waals surface area contributed by atoms with Crippen molar-refractivity contribution in [3.05, 3.63) is 34.6 Å². The van der Waals surface area contributed by atoms with E-state index >= 15 is 0 Å². The maximum Gasteiger partial charge on any atom is 0.126 e. The van der Waals surface area contributed by atoms with Crippen LogP contribution in [0.5, 0.6) is 0 Å². The van der Waals surface area contributed by atoms with E-state index < -0.39 is 0 Å². The van der Waals surface area contributed by atoms with Crippen molar-refractivity contribution < 1.29 is 9.13 Å². The number of nitrogens with one attached hydrogen (secondary N) is 1. The van der Waals surface area contributed by atoms with Crippen molar-refractivity contribution in [3.63, 3.8) is 0 Å². The maximum atomic E-state index is 13.8. The fourth-order valence-electron chi connectivity index (χ4n) is 2.22. The van der Waals surface area contributed by atoms with Crippen LogP contribution in [-0.2, 0) is 11.2 Å². The Balaban J connectivity index is 2.83. The van der Waals surface area contributed by atoms with Gasteiger partial charge in [-0.3, -0.25) is 0 Å². The fraction of sp³-hybridized carbons (Fsp3) is 0.600. The zero-order chi connectivity index (χ0) is 14.3. The molecule has 0 aliphatic carbocycles. The van der Waals surface area contributed by atoms with Crippen molar-refractivity contribution in [1.82, 2.24) is 5.32 Å². The molecule has 0 radical (unpaired) electrons. The molecule has 0 spiro atoms. The molecule has 0 fully saturated rings. The first-order valence-corrected chi connectivity index (χ1v) is 7.20. The van der Waals surface area contributed by atoms with E-state index in [0.717, 1.165) is 19.4 Å². The molecule has 2 unspecified atom stereocenters. The molecule has 1 rings (SSSR count). The Kier molecular flexibility index (Phi) is 7.36. The van der Waals surface area contributed by atoms with Crippen molar-refractivity contribution in [2.75, 3.05) is 13.7 Å². The molecule has 0 aliphatic heterocycles. The second-order valence-corrected chi connectivity index (χ2v) is 5.12. The summed E-state index contributed by atoms with van der Waals surface area (Å²) in [6, 6.07) is 4.79. The summed E-state index contributed by atoms with van der Waals surface area (Å²) in [4.78, 5) is 0. The van der Waals surface area contributed by atoms with Gasteiger partial charge in [0.2, 0.25) is 0 Å². The van der Waals surface area contributed by atoms with Gasteiger partial charge in [-0.15, -0.1) is 0 Å². The van der Waals surface area contributed by atoms with Crippen LogP contribution >= 0.6 is 11.6 Å². The molecule has 0 bridgehead atoms. The van der Waals surface area contributed by atoms with Crippen LogP contribution in [0.1, 0.15) is 32.3 Å². The van der Waals surface area contributed by atoms with Crippen LogP contribution in [0.25, 0.3) is 0 Å². The van der Waals surface area contributed by atoms with Gasteiger partial charge >= 0.3 is 0 Å². The molecule has 0 saturated carbocycles. The highest BCUT2D eigenvalue weighted by molar-refractivity contribution is 6.30. The number of ether oxygens (including phenoxy) is 1. The Morgan fingerprint density at radius 3 is 2.68 bits per heavy atom. The summed E-state index contributed by atoms with van der Waals surface area (Å²) in [6.45, 7) is 5.08. The normalized spacial score (nSPS) is 14.4. The van der Waals surface area contributed by atoms with E-state index in [-0.39, 0.29) is 18.0 Å². The van der Waals surface area contributed by atoms with Gasteiger partial charge in [0.25, 0.3) is 0 Å². The summed E-state index contributed by atoms with van der Waals surface area (Å²) in [5.41, 5.74) is 0.636. The number of hydrogen-bond acceptors (Lipinski definition) is 2. The highest BCUT2D eigenvalue weighted by atomic mass is 35.5. The van der Waals surface area contributed by atoms with E-state index in [1.165, 1.54) is 6.07 Å². The lowest BCUT2D eigenvalue weighted by Crippen LogP contribution is -2.42. The molecule has 0 amide bonds. The van der Waals surface area contributed by atoms with Crippen LogP contribution < -0.4 is 5.32 Å². The Bertz CT molecular complexity index is 382. The van der Waals surface area contributed by atoms with Crippen molar-refractivity contribution in [3.8, 4) is 0 Å². The molecule has 19 heavy (non-hydrogen) atoms. The van der Waals surface area contributed by atoms with Crippen LogP contribution in [0.15, 0.2) is 18.2 Å². The number of hydrogen-bond donors (Lipinski definition) is 1. The minimum absolute atomic E-state index is 0.0740. The molecule has 2 atom stereocenters. The van der Waals surface area contributed by atoms with Gasteiger partial charge in [0.05, 0.1) is 6.10 Å². The number of benzene rings is 1. The molecule has 4 heteroatoms. The molecular weight excluding hydrogens is 265 g/mol. The summed E-state index contributed by atoms with van der Waals surface area (Å²) >= 11 is 5.93. The van der Waals surface area contributed by atoms with Crippen LogP contribution in [0.3, 0.4) is 0 Å². The fourth-order valence-corrected chi connectivity index (χ4v) is 2.41. The molecule has 1 N–H and O–H groups in total. The van der Waals surface area contributed by atoms with Gasteiger partial charge in [-0.05, 0) is 49.6 Å². The molecule has 0 saturated heterocycles. The third-order valence-electron chi connectivity index (χ3n) is 3.26. The molecule has 0 heterocycles. The lowest BCUT2D eigenvalue weighted by Gasteiger charge is -2.26. The lowest BCUT2D eigenvalue weighted by molar-refractivity contribution is 0.0651. The third-order valence-corrected chi connectivity index (χ3v) is 3.49. The second-order valence-electron chi connectivity index (χ2n) is 4.68. The number of halogens is 2. The molecule has 2 nitrogen and oxygen atoms in total. The van der Waals surface area contributed by atoms with Gasteiger partial charge in [-0.2, -0.15) is 0 Å². The van der Waals surface area contributed by atoms with Crippen molar-refractivity contribution in [2.45, 2.75) is 45.3 Å². The van der Waals surface area contributed by atoms with Crippen molar-refractivity contribution in [2.24, 2.45) is 0 Å². The Hall–Kier alpha value is -0.640. The van der Waals surface area contributed by atoms with Gasteiger partial charge in [0.15, 0.2) is 0 Å². The summed E-state index contributed by atoms with van der Waals surface area (Å²) in [6.07, 6.45) is 2.58. The summed E-state index contributed by atoms with van der Waals surface area (Å²) in [7, 11) is 1.70. The first-order valence-electron chi connectivity index (χ1n) is 6.82. The van der Waals surface area contributed by atoms with Crippen LogP contribution in [0.4, 0.5) is 4.39 Å². The standard InChI is InChI=1S/C15H23ClFNO/c1-4-8-18-14(15(5-2)19-3)10-11-9-12(16)6-7-13(11)17/h6-7,9,14-15,18H,4-5,8,10H2,1-3H3. The topological polar surface area (TPSA) is 21.3 Å². The summed E-state index contributed by atoms with van der Waals surface area (Å²) < 4.78 is 19.3. The van der Waals surface area contributed by atoms with Crippen LogP contribution in [-0.4, -0.2) is 25.8 Å². The average Bonchev–Trinajstić information content (AvgIpc) is 2.41. The first kappa shape index (κ1) is 16.4. The minimum atomic E-state index is -0.210. The molecular formula is C15H23ClFNO. The van der Waals surface area contributed by atoms with E-state index in [1.807, 2.05) is 0 Å². The van der Waals surface area contributed by atoms with Gasteiger partial charge in [-0.25, -0.2) is 4.39 Å².